The number of nitrogens with two attached hydrogens (primary N) is 2. The molecule has 0 unspecified atom stereocenters. The number of furan rings is 1. The van der Waals surface area contributed by atoms with Gasteiger partial charge in [-0.1, -0.05) is 0 Å². The Morgan fingerprint density at radius 2 is 1.94 bits per heavy atom. The average molecular weight is 216 g/mol. The number of hydrogen-bond donors (Lipinski definition) is 2. The van der Waals surface area contributed by atoms with Crippen LogP contribution in [0.2, 0.25) is 0 Å². The summed E-state index contributed by atoms with van der Waals surface area (Å²) < 4.78 is 5.38. The number of carbonyl (C=O) groups excluding carboxylic acids is 1. The highest BCUT2D eigenvalue weighted by Gasteiger charge is 2.10. The third-order valence-corrected chi connectivity index (χ3v) is 2.30. The maximum atomic E-state index is 11.1. The van der Waals surface area contributed by atoms with Crippen LogP contribution in [0.5, 0.6) is 0 Å². The standard InChI is InChI=1S/C12H12N2O2/c1-7(15)11-4-5-12(16-11)9-6-8(13)2-3-10(9)14/h2-6H,13-14H2,1H3. The number of hydrogen-bond acceptors (Lipinski definition) is 4. The molecule has 2 rings (SSSR count). The summed E-state index contributed by atoms with van der Waals surface area (Å²) in [5.74, 6) is 0.751. The van der Waals surface area contributed by atoms with E-state index in [1.54, 1.807) is 30.3 Å². The maximum Gasteiger partial charge on any atom is 0.194 e. The van der Waals surface area contributed by atoms with Gasteiger partial charge in [0, 0.05) is 23.9 Å². The van der Waals surface area contributed by atoms with Crippen molar-refractivity contribution in [1.29, 1.82) is 0 Å². The normalized spacial score (nSPS) is 10.3. The predicted molar refractivity (Wildman–Crippen MR) is 63.0 cm³/mol. The van der Waals surface area contributed by atoms with E-state index in [4.69, 9.17) is 15.9 Å². The smallest absolute Gasteiger partial charge is 0.194 e. The minimum absolute atomic E-state index is 0.117. The van der Waals surface area contributed by atoms with E-state index in [0.29, 0.717) is 28.5 Å². The van der Waals surface area contributed by atoms with Crippen LogP contribution in [-0.4, -0.2) is 5.78 Å². The lowest BCUT2D eigenvalue weighted by atomic mass is 10.1. The van der Waals surface area contributed by atoms with Gasteiger partial charge in [0.15, 0.2) is 11.5 Å². The van der Waals surface area contributed by atoms with Gasteiger partial charge in [-0.05, 0) is 30.3 Å². The lowest BCUT2D eigenvalue weighted by molar-refractivity contribution is 0.0988. The first-order chi connectivity index (χ1) is 7.58. The Morgan fingerprint density at radius 1 is 1.19 bits per heavy atom. The first-order valence-corrected chi connectivity index (χ1v) is 4.84. The van der Waals surface area contributed by atoms with Crippen LogP contribution in [-0.2, 0) is 0 Å². The van der Waals surface area contributed by atoms with Crippen LogP contribution in [0, 0.1) is 0 Å². The van der Waals surface area contributed by atoms with Crippen LogP contribution < -0.4 is 11.5 Å². The zero-order chi connectivity index (χ0) is 11.7. The molecule has 4 N–H and O–H groups in total. The number of carbonyl (C=O) groups is 1. The van der Waals surface area contributed by atoms with Gasteiger partial charge in [0.25, 0.3) is 0 Å². The van der Waals surface area contributed by atoms with Gasteiger partial charge < -0.3 is 15.9 Å². The van der Waals surface area contributed by atoms with E-state index >= 15 is 0 Å². The molecule has 0 fully saturated rings. The van der Waals surface area contributed by atoms with Gasteiger partial charge in [-0.15, -0.1) is 0 Å². The molecule has 0 atom stereocenters. The first-order valence-electron chi connectivity index (χ1n) is 4.84. The number of nitrogen functional groups attached to an aromatic ring is 2. The minimum atomic E-state index is -0.117. The average Bonchev–Trinajstić information content (AvgIpc) is 2.70. The summed E-state index contributed by atoms with van der Waals surface area (Å²) >= 11 is 0. The molecule has 0 radical (unpaired) electrons. The van der Waals surface area contributed by atoms with Crippen molar-refractivity contribution in [3.05, 3.63) is 36.1 Å². The summed E-state index contributed by atoms with van der Waals surface area (Å²) in [6.07, 6.45) is 0. The van der Waals surface area contributed by atoms with Gasteiger partial charge in [-0.3, -0.25) is 4.79 Å². The molecule has 1 heterocycles. The molecule has 0 bridgehead atoms. The largest absolute Gasteiger partial charge is 0.453 e. The van der Waals surface area contributed by atoms with Crippen LogP contribution in [0.15, 0.2) is 34.7 Å². The van der Waals surface area contributed by atoms with Crippen molar-refractivity contribution in [3.8, 4) is 11.3 Å². The molecule has 16 heavy (non-hydrogen) atoms. The molecule has 0 amide bonds. The Labute approximate surface area is 92.9 Å². The fourth-order valence-electron chi connectivity index (χ4n) is 1.46. The summed E-state index contributed by atoms with van der Waals surface area (Å²) in [6, 6.07) is 8.48. The van der Waals surface area contributed by atoms with E-state index in [1.807, 2.05) is 0 Å². The monoisotopic (exact) mass is 216 g/mol. The lowest BCUT2D eigenvalue weighted by Gasteiger charge is -2.03. The zero-order valence-electron chi connectivity index (χ0n) is 8.86. The number of ketones is 1. The zero-order valence-corrected chi connectivity index (χ0v) is 8.86. The molecular weight excluding hydrogens is 204 g/mol. The molecular formula is C12H12N2O2. The number of anilines is 2. The van der Waals surface area contributed by atoms with E-state index in [1.165, 1.54) is 6.92 Å². The summed E-state index contributed by atoms with van der Waals surface area (Å²) in [5.41, 5.74) is 13.3. The molecule has 0 spiro atoms. The molecule has 4 nitrogen and oxygen atoms in total. The second-order valence-corrected chi connectivity index (χ2v) is 3.57. The Morgan fingerprint density at radius 3 is 2.56 bits per heavy atom. The summed E-state index contributed by atoms with van der Waals surface area (Å²) in [7, 11) is 0. The Balaban J connectivity index is 2.50. The molecule has 0 saturated heterocycles. The first kappa shape index (κ1) is 10.3. The molecule has 0 aliphatic carbocycles. The molecule has 0 saturated carbocycles. The minimum Gasteiger partial charge on any atom is -0.453 e. The van der Waals surface area contributed by atoms with Gasteiger partial charge in [-0.25, -0.2) is 0 Å². The summed E-state index contributed by atoms with van der Waals surface area (Å²) in [5, 5.41) is 0. The second-order valence-electron chi connectivity index (χ2n) is 3.57. The van der Waals surface area contributed by atoms with Crippen molar-refractivity contribution < 1.29 is 9.21 Å². The highest BCUT2D eigenvalue weighted by Crippen LogP contribution is 2.29. The number of rotatable bonds is 2. The van der Waals surface area contributed by atoms with Crippen LogP contribution in [0.4, 0.5) is 11.4 Å². The van der Waals surface area contributed by atoms with Gasteiger partial charge in [-0.2, -0.15) is 0 Å². The maximum absolute atomic E-state index is 11.1. The number of benzene rings is 1. The predicted octanol–water partition coefficient (Wildman–Crippen LogP) is 2.31. The molecule has 0 aliphatic heterocycles. The van der Waals surface area contributed by atoms with Gasteiger partial charge in [0.1, 0.15) is 5.76 Å². The van der Waals surface area contributed by atoms with E-state index in [-0.39, 0.29) is 5.78 Å². The topological polar surface area (TPSA) is 82.2 Å². The summed E-state index contributed by atoms with van der Waals surface area (Å²) in [6.45, 7) is 1.45. The SMILES string of the molecule is CC(=O)c1ccc(-c2cc(N)ccc2N)o1. The third-order valence-electron chi connectivity index (χ3n) is 2.30. The van der Waals surface area contributed by atoms with Crippen molar-refractivity contribution in [2.75, 3.05) is 11.5 Å². The fourth-order valence-corrected chi connectivity index (χ4v) is 1.46. The lowest BCUT2D eigenvalue weighted by Crippen LogP contribution is -1.92. The van der Waals surface area contributed by atoms with Crippen LogP contribution >= 0.6 is 0 Å². The Hall–Kier alpha value is -2.23. The van der Waals surface area contributed by atoms with E-state index < -0.39 is 0 Å². The molecule has 1 aromatic heterocycles. The molecule has 1 aromatic carbocycles. The highest BCUT2D eigenvalue weighted by atomic mass is 16.3. The van der Waals surface area contributed by atoms with E-state index in [0.717, 1.165) is 0 Å². The molecule has 2 aromatic rings. The number of Topliss-reactive ketones (excluding diaryl/α,β-unsaturated/α-hetero) is 1. The third kappa shape index (κ3) is 1.77. The van der Waals surface area contributed by atoms with Crippen molar-refractivity contribution in [3.63, 3.8) is 0 Å². The summed E-state index contributed by atoms with van der Waals surface area (Å²) in [4.78, 5) is 11.1. The quantitative estimate of drug-likeness (QED) is 0.596. The molecule has 4 heteroatoms. The van der Waals surface area contributed by atoms with Crippen LogP contribution in [0.25, 0.3) is 11.3 Å². The van der Waals surface area contributed by atoms with Gasteiger partial charge in [0.2, 0.25) is 0 Å². The van der Waals surface area contributed by atoms with Crippen molar-refractivity contribution in [1.82, 2.24) is 0 Å². The Kier molecular flexibility index (Phi) is 2.40. The van der Waals surface area contributed by atoms with Gasteiger partial charge in [0.05, 0.1) is 0 Å². The molecule has 0 aliphatic rings. The van der Waals surface area contributed by atoms with Crippen LogP contribution in [0.3, 0.4) is 0 Å². The van der Waals surface area contributed by atoms with E-state index in [9.17, 15) is 4.79 Å². The highest BCUT2D eigenvalue weighted by molar-refractivity contribution is 5.92. The van der Waals surface area contributed by atoms with Crippen LogP contribution in [0.1, 0.15) is 17.5 Å². The van der Waals surface area contributed by atoms with Crippen molar-refractivity contribution in [2.45, 2.75) is 6.92 Å². The van der Waals surface area contributed by atoms with Gasteiger partial charge >= 0.3 is 0 Å². The van der Waals surface area contributed by atoms with Crippen molar-refractivity contribution in [2.24, 2.45) is 0 Å². The fraction of sp³-hybridized carbons (Fsp3) is 0.0833. The van der Waals surface area contributed by atoms with E-state index in [2.05, 4.69) is 0 Å². The molecule has 82 valence electrons. The van der Waals surface area contributed by atoms with Crippen molar-refractivity contribution >= 4 is 17.2 Å². The second kappa shape index (κ2) is 3.73. The Bertz CT molecular complexity index is 544.